The van der Waals surface area contributed by atoms with Crippen molar-refractivity contribution in [1.29, 1.82) is 0 Å². The van der Waals surface area contributed by atoms with Gasteiger partial charge in [-0.25, -0.2) is 4.39 Å². The van der Waals surface area contributed by atoms with Crippen molar-refractivity contribution >= 4 is 5.91 Å². The minimum Gasteiger partial charge on any atom is -0.363 e. The Morgan fingerprint density at radius 1 is 1.27 bits per heavy atom. The number of rotatable bonds is 2. The van der Waals surface area contributed by atoms with E-state index in [9.17, 15) is 9.18 Å². The number of benzene rings is 1. The third-order valence-corrected chi connectivity index (χ3v) is 5.24. The van der Waals surface area contributed by atoms with Gasteiger partial charge in [-0.3, -0.25) is 9.69 Å². The largest absolute Gasteiger partial charge is 0.363 e. The molecule has 2 aliphatic rings. The molecule has 3 rings (SSSR count). The Balaban J connectivity index is 1.60. The summed E-state index contributed by atoms with van der Waals surface area (Å²) in [4.78, 5) is 15.9. The lowest BCUT2D eigenvalue weighted by atomic mass is 9.83. The predicted molar refractivity (Wildman–Crippen MR) is 81.8 cm³/mol. The second kappa shape index (κ2) is 5.97. The summed E-state index contributed by atoms with van der Waals surface area (Å²) in [6.07, 6.45) is 1.85. The highest BCUT2D eigenvalue weighted by Crippen LogP contribution is 2.35. The molecule has 2 fully saturated rings. The number of carbonyl (C=O) groups excluding carboxylic acids is 1. The van der Waals surface area contributed by atoms with Crippen LogP contribution in [0.15, 0.2) is 24.3 Å². The Labute approximate surface area is 130 Å². The van der Waals surface area contributed by atoms with E-state index < -0.39 is 0 Å². The molecule has 1 aromatic carbocycles. The van der Waals surface area contributed by atoms with Crippen molar-refractivity contribution in [3.63, 3.8) is 0 Å². The van der Waals surface area contributed by atoms with E-state index in [1.165, 1.54) is 12.1 Å². The van der Waals surface area contributed by atoms with Gasteiger partial charge in [-0.15, -0.1) is 0 Å². The monoisotopic (exact) mass is 306 g/mol. The molecule has 4 nitrogen and oxygen atoms in total. The first-order valence-electron chi connectivity index (χ1n) is 7.87. The fourth-order valence-corrected chi connectivity index (χ4v) is 3.50. The zero-order valence-corrected chi connectivity index (χ0v) is 13.2. The van der Waals surface area contributed by atoms with Crippen LogP contribution in [0.3, 0.4) is 0 Å². The van der Waals surface area contributed by atoms with Crippen LogP contribution in [-0.2, 0) is 16.1 Å². The summed E-state index contributed by atoms with van der Waals surface area (Å²) < 4.78 is 18.9. The minimum atomic E-state index is -0.206. The molecule has 1 spiro atoms. The number of hydrogen-bond acceptors (Lipinski definition) is 3. The van der Waals surface area contributed by atoms with E-state index in [4.69, 9.17) is 4.74 Å². The lowest BCUT2D eigenvalue weighted by Gasteiger charge is -2.50. The first kappa shape index (κ1) is 15.4. The highest BCUT2D eigenvalue weighted by Gasteiger charge is 2.46. The fraction of sp³-hybridized carbons (Fsp3) is 0.588. The van der Waals surface area contributed by atoms with E-state index in [2.05, 4.69) is 11.8 Å². The van der Waals surface area contributed by atoms with E-state index in [1.807, 2.05) is 24.1 Å². The van der Waals surface area contributed by atoms with Gasteiger partial charge in [-0.05, 0) is 37.5 Å². The molecular weight excluding hydrogens is 283 g/mol. The van der Waals surface area contributed by atoms with Crippen LogP contribution < -0.4 is 0 Å². The number of halogens is 1. The van der Waals surface area contributed by atoms with Gasteiger partial charge in [0.15, 0.2) is 0 Å². The standard InChI is InChI=1S/C17H23FN2O2/c1-13-17(22-12-16(21)19(13)2)7-9-20(10-8-17)11-14-3-5-15(18)6-4-14/h3-6,13H,7-12H2,1-2H3/t13-/m0/s1. The van der Waals surface area contributed by atoms with Gasteiger partial charge in [0.1, 0.15) is 12.4 Å². The second-order valence-electron chi connectivity index (χ2n) is 6.44. The van der Waals surface area contributed by atoms with Crippen LogP contribution >= 0.6 is 0 Å². The molecule has 0 N–H and O–H groups in total. The van der Waals surface area contributed by atoms with E-state index in [1.54, 1.807) is 0 Å². The smallest absolute Gasteiger partial charge is 0.248 e. The van der Waals surface area contributed by atoms with Crippen molar-refractivity contribution in [2.24, 2.45) is 0 Å². The first-order valence-corrected chi connectivity index (χ1v) is 7.87. The lowest BCUT2D eigenvalue weighted by Crippen LogP contribution is -2.62. The minimum absolute atomic E-state index is 0.0619. The third-order valence-electron chi connectivity index (χ3n) is 5.24. The number of morpholine rings is 1. The highest BCUT2D eigenvalue weighted by molar-refractivity contribution is 5.78. The Hall–Kier alpha value is -1.46. The van der Waals surface area contributed by atoms with Crippen molar-refractivity contribution in [2.75, 3.05) is 26.7 Å². The quantitative estimate of drug-likeness (QED) is 0.838. The van der Waals surface area contributed by atoms with Gasteiger partial charge in [-0.1, -0.05) is 12.1 Å². The van der Waals surface area contributed by atoms with Crippen LogP contribution in [0.5, 0.6) is 0 Å². The number of nitrogens with zero attached hydrogens (tertiary/aromatic N) is 2. The zero-order chi connectivity index (χ0) is 15.7. The van der Waals surface area contributed by atoms with Crippen molar-refractivity contribution in [2.45, 2.75) is 38.0 Å². The molecule has 2 saturated heterocycles. The summed E-state index contributed by atoms with van der Waals surface area (Å²) in [7, 11) is 1.86. The average Bonchev–Trinajstić information content (AvgIpc) is 2.53. The SMILES string of the molecule is C[C@@H]1N(C)C(=O)COC12CCN(Cc1ccc(F)cc1)CC2. The summed E-state index contributed by atoms with van der Waals surface area (Å²) in [5, 5.41) is 0. The van der Waals surface area contributed by atoms with Crippen LogP contribution in [0.1, 0.15) is 25.3 Å². The van der Waals surface area contributed by atoms with Gasteiger partial charge in [0.05, 0.1) is 11.6 Å². The van der Waals surface area contributed by atoms with Crippen LogP contribution in [0.25, 0.3) is 0 Å². The third kappa shape index (κ3) is 2.88. The molecule has 1 amide bonds. The Morgan fingerprint density at radius 2 is 1.91 bits per heavy atom. The fourth-order valence-electron chi connectivity index (χ4n) is 3.50. The predicted octanol–water partition coefficient (Wildman–Crippen LogP) is 2.04. The van der Waals surface area contributed by atoms with Crippen LogP contribution in [0.4, 0.5) is 4.39 Å². The molecule has 0 radical (unpaired) electrons. The number of ether oxygens (including phenoxy) is 1. The maximum Gasteiger partial charge on any atom is 0.248 e. The van der Waals surface area contributed by atoms with Gasteiger partial charge < -0.3 is 9.64 Å². The molecule has 0 aliphatic carbocycles. The van der Waals surface area contributed by atoms with Gasteiger partial charge >= 0.3 is 0 Å². The molecule has 22 heavy (non-hydrogen) atoms. The molecule has 0 saturated carbocycles. The molecule has 120 valence electrons. The van der Waals surface area contributed by atoms with Crippen molar-refractivity contribution in [1.82, 2.24) is 9.80 Å². The topological polar surface area (TPSA) is 32.8 Å². The Bertz CT molecular complexity index is 538. The molecule has 5 heteroatoms. The van der Waals surface area contributed by atoms with E-state index in [0.29, 0.717) is 0 Å². The summed E-state index contributed by atoms with van der Waals surface area (Å²) in [6.45, 7) is 4.97. The second-order valence-corrected chi connectivity index (χ2v) is 6.44. The maximum absolute atomic E-state index is 13.0. The highest BCUT2D eigenvalue weighted by atomic mass is 19.1. The average molecular weight is 306 g/mol. The van der Waals surface area contributed by atoms with Crippen molar-refractivity contribution in [3.8, 4) is 0 Å². The lowest BCUT2D eigenvalue weighted by molar-refractivity contribution is -0.183. The summed E-state index contributed by atoms with van der Waals surface area (Å²) >= 11 is 0. The Morgan fingerprint density at radius 3 is 2.55 bits per heavy atom. The zero-order valence-electron chi connectivity index (χ0n) is 13.2. The molecule has 1 atom stereocenters. The van der Waals surface area contributed by atoms with Gasteiger partial charge in [0.25, 0.3) is 0 Å². The molecule has 1 aromatic rings. The number of likely N-dealkylation sites (N-methyl/N-ethyl adjacent to an activating group) is 1. The molecule has 0 bridgehead atoms. The Kier molecular flexibility index (Phi) is 4.19. The van der Waals surface area contributed by atoms with Gasteiger partial charge in [0.2, 0.25) is 5.91 Å². The van der Waals surface area contributed by atoms with Crippen LogP contribution in [0, 0.1) is 5.82 Å². The number of hydrogen-bond donors (Lipinski definition) is 0. The normalized spacial score (nSPS) is 25.7. The van der Waals surface area contributed by atoms with Crippen LogP contribution in [-0.4, -0.2) is 54.1 Å². The summed E-state index contributed by atoms with van der Waals surface area (Å²) in [6, 6.07) is 6.81. The van der Waals surface area contributed by atoms with Gasteiger partial charge in [-0.2, -0.15) is 0 Å². The summed E-state index contributed by atoms with van der Waals surface area (Å²) in [5.41, 5.74) is 0.921. The van der Waals surface area contributed by atoms with Crippen LogP contribution in [0.2, 0.25) is 0 Å². The molecule has 2 aliphatic heterocycles. The van der Waals surface area contributed by atoms with Crippen molar-refractivity contribution in [3.05, 3.63) is 35.6 Å². The molecule has 0 aromatic heterocycles. The maximum atomic E-state index is 13.0. The summed E-state index contributed by atoms with van der Waals surface area (Å²) in [5.74, 6) is -0.134. The van der Waals surface area contributed by atoms with E-state index in [-0.39, 0.29) is 30.0 Å². The number of likely N-dealkylation sites (tertiary alicyclic amines) is 1. The van der Waals surface area contributed by atoms with E-state index >= 15 is 0 Å². The molecular formula is C17H23FN2O2. The van der Waals surface area contributed by atoms with Crippen molar-refractivity contribution < 1.29 is 13.9 Å². The molecule has 2 heterocycles. The van der Waals surface area contributed by atoms with Gasteiger partial charge in [0, 0.05) is 26.7 Å². The number of piperidine rings is 1. The number of amides is 1. The van der Waals surface area contributed by atoms with E-state index in [0.717, 1.165) is 38.0 Å². The number of carbonyl (C=O) groups is 1. The first-order chi connectivity index (χ1) is 10.5. The molecule has 0 unspecified atom stereocenters.